The molecule has 2 aromatic carbocycles. The average molecular weight is 553 g/mol. The molecule has 1 saturated carbocycles. The van der Waals surface area contributed by atoms with Gasteiger partial charge < -0.3 is 14.6 Å². The predicted molar refractivity (Wildman–Crippen MR) is 152 cm³/mol. The number of amides is 2. The summed E-state index contributed by atoms with van der Waals surface area (Å²) in [7, 11) is 1.87. The van der Waals surface area contributed by atoms with Gasteiger partial charge in [0.05, 0.1) is 18.0 Å². The quantitative estimate of drug-likeness (QED) is 0.280. The van der Waals surface area contributed by atoms with Gasteiger partial charge in [-0.25, -0.2) is 9.48 Å². The molecule has 0 saturated heterocycles. The molecule has 11 heteroatoms. The van der Waals surface area contributed by atoms with Gasteiger partial charge in [0.25, 0.3) is 5.89 Å². The molecule has 1 fully saturated rings. The van der Waals surface area contributed by atoms with Crippen LogP contribution < -0.4 is 10.6 Å². The number of aryl methyl sites for hydroxylation is 2. The Bertz CT molecular complexity index is 1630. The summed E-state index contributed by atoms with van der Waals surface area (Å²) in [6.45, 7) is 3.96. The van der Waals surface area contributed by atoms with E-state index in [-0.39, 0.29) is 30.7 Å². The highest BCUT2D eigenvalue weighted by atomic mass is 16.5. The van der Waals surface area contributed by atoms with Crippen LogP contribution >= 0.6 is 0 Å². The number of benzene rings is 2. The molecule has 210 valence electrons. The Kier molecular flexibility index (Phi) is 7.34. The lowest BCUT2D eigenvalue weighted by Gasteiger charge is -2.21. The first kappa shape index (κ1) is 26.5. The molecule has 3 atom stereocenters. The van der Waals surface area contributed by atoms with Gasteiger partial charge in [0.15, 0.2) is 5.82 Å². The summed E-state index contributed by atoms with van der Waals surface area (Å²) in [6, 6.07) is 19.5. The van der Waals surface area contributed by atoms with Gasteiger partial charge in [-0.2, -0.15) is 15.2 Å². The fourth-order valence-electron chi connectivity index (χ4n) is 5.47. The van der Waals surface area contributed by atoms with Crippen molar-refractivity contribution in [3.63, 3.8) is 0 Å². The summed E-state index contributed by atoms with van der Waals surface area (Å²) in [5.41, 5.74) is 4.47. The third-order valence-corrected chi connectivity index (χ3v) is 7.41. The smallest absolute Gasteiger partial charge is 0.320 e. The van der Waals surface area contributed by atoms with Crippen LogP contribution in [0.3, 0.4) is 0 Å². The number of ether oxygens (including phenoxy) is 1. The van der Waals surface area contributed by atoms with Gasteiger partial charge in [-0.1, -0.05) is 53.7 Å². The van der Waals surface area contributed by atoms with E-state index in [9.17, 15) is 4.79 Å². The standard InChI is InChI=1S/C30H32N8O3/c1-19-28(22-16-31-37(3)17-22)35-38(23-12-8-5-9-13-23)29(19)34-30(39)33-26-15-24(40-18-27-32-20(2)36-41-27)14-25(26)21-10-6-4-7-11-21/h4-13,16-17,24-26H,14-15,18H2,1-3H3,(H2,33,34,39)/t24-,25-,26+/m0/s1. The zero-order valence-corrected chi connectivity index (χ0v) is 23.2. The van der Waals surface area contributed by atoms with Crippen LogP contribution in [0.2, 0.25) is 0 Å². The van der Waals surface area contributed by atoms with E-state index in [1.165, 1.54) is 0 Å². The molecule has 3 heterocycles. The first-order valence-electron chi connectivity index (χ1n) is 13.6. The molecule has 6 rings (SSSR count). The van der Waals surface area contributed by atoms with Crippen molar-refractivity contribution in [3.05, 3.63) is 95.9 Å². The summed E-state index contributed by atoms with van der Waals surface area (Å²) in [6.07, 6.45) is 5.01. The molecular weight excluding hydrogens is 520 g/mol. The summed E-state index contributed by atoms with van der Waals surface area (Å²) in [5, 5.41) is 19.3. The number of nitrogens with zero attached hydrogens (tertiary/aromatic N) is 6. The van der Waals surface area contributed by atoms with Gasteiger partial charge >= 0.3 is 6.03 Å². The third kappa shape index (κ3) is 5.75. The van der Waals surface area contributed by atoms with E-state index in [1.807, 2.05) is 68.7 Å². The predicted octanol–water partition coefficient (Wildman–Crippen LogP) is 4.93. The average Bonchev–Trinajstić information content (AvgIpc) is 3.77. The molecule has 0 unspecified atom stereocenters. The van der Waals surface area contributed by atoms with E-state index in [0.717, 1.165) is 34.5 Å². The van der Waals surface area contributed by atoms with E-state index in [0.29, 0.717) is 24.0 Å². The minimum Gasteiger partial charge on any atom is -0.368 e. The lowest BCUT2D eigenvalue weighted by Crippen LogP contribution is -2.40. The highest BCUT2D eigenvalue weighted by Gasteiger charge is 2.37. The lowest BCUT2D eigenvalue weighted by molar-refractivity contribution is 0.0287. The maximum atomic E-state index is 13.6. The van der Waals surface area contributed by atoms with E-state index in [4.69, 9.17) is 14.4 Å². The molecule has 0 radical (unpaired) electrons. The molecule has 2 N–H and O–H groups in total. The molecule has 41 heavy (non-hydrogen) atoms. The van der Waals surface area contributed by atoms with Crippen molar-refractivity contribution in [2.75, 3.05) is 5.32 Å². The summed E-state index contributed by atoms with van der Waals surface area (Å²) < 4.78 is 14.8. The molecule has 11 nitrogen and oxygen atoms in total. The molecule has 0 spiro atoms. The highest BCUT2D eigenvalue weighted by molar-refractivity contribution is 5.91. The largest absolute Gasteiger partial charge is 0.368 e. The second kappa shape index (κ2) is 11.4. The number of carbonyl (C=O) groups is 1. The normalized spacial score (nSPS) is 18.5. The molecule has 0 aliphatic heterocycles. The Balaban J connectivity index is 1.23. The maximum Gasteiger partial charge on any atom is 0.320 e. The molecule has 5 aromatic rings. The van der Waals surface area contributed by atoms with Crippen LogP contribution in [0.5, 0.6) is 0 Å². The number of carbonyl (C=O) groups excluding carboxylic acids is 1. The SMILES string of the molecule is Cc1noc(CO[C@@H]2C[C@@H](NC(=O)Nc3c(C)c(-c4cnn(C)c4)nn3-c3ccccc3)[C@H](c3ccccc3)C2)n1. The zero-order valence-electron chi connectivity index (χ0n) is 23.2. The van der Waals surface area contributed by atoms with Crippen LogP contribution in [-0.4, -0.2) is 47.9 Å². The van der Waals surface area contributed by atoms with E-state index < -0.39 is 0 Å². The number of hydrogen-bond donors (Lipinski definition) is 2. The fourth-order valence-corrected chi connectivity index (χ4v) is 5.47. The second-order valence-electron chi connectivity index (χ2n) is 10.3. The van der Waals surface area contributed by atoms with Gasteiger partial charge in [0.1, 0.15) is 18.1 Å². The fraction of sp³-hybridized carbons (Fsp3) is 0.300. The summed E-state index contributed by atoms with van der Waals surface area (Å²) in [5.74, 6) is 1.70. The molecule has 0 bridgehead atoms. The van der Waals surface area contributed by atoms with Crippen LogP contribution in [0.1, 0.15) is 41.6 Å². The number of aromatic nitrogens is 6. The Morgan fingerprint density at radius 2 is 1.83 bits per heavy atom. The van der Waals surface area contributed by atoms with Crippen LogP contribution in [-0.2, 0) is 18.4 Å². The number of para-hydroxylation sites is 1. The van der Waals surface area contributed by atoms with Crippen molar-refractivity contribution in [3.8, 4) is 16.9 Å². The Hall–Kier alpha value is -4.77. The van der Waals surface area contributed by atoms with Crippen molar-refractivity contribution in [1.82, 2.24) is 35.0 Å². The number of urea groups is 1. The van der Waals surface area contributed by atoms with E-state index >= 15 is 0 Å². The molecule has 1 aliphatic carbocycles. The molecule has 1 aliphatic rings. The van der Waals surface area contributed by atoms with Gasteiger partial charge in [-0.05, 0) is 44.4 Å². The third-order valence-electron chi connectivity index (χ3n) is 7.41. The first-order valence-corrected chi connectivity index (χ1v) is 13.6. The minimum absolute atomic E-state index is 0.0773. The highest BCUT2D eigenvalue weighted by Crippen LogP contribution is 2.37. The van der Waals surface area contributed by atoms with Crippen LogP contribution in [0, 0.1) is 13.8 Å². The van der Waals surface area contributed by atoms with Crippen LogP contribution in [0.4, 0.5) is 10.6 Å². The van der Waals surface area contributed by atoms with Crippen molar-refractivity contribution in [2.45, 2.75) is 51.4 Å². The monoisotopic (exact) mass is 552 g/mol. The van der Waals surface area contributed by atoms with Crippen molar-refractivity contribution in [2.24, 2.45) is 7.05 Å². The van der Waals surface area contributed by atoms with Gasteiger partial charge in [-0.3, -0.25) is 10.00 Å². The summed E-state index contributed by atoms with van der Waals surface area (Å²) >= 11 is 0. The zero-order chi connectivity index (χ0) is 28.3. The minimum atomic E-state index is -0.304. The maximum absolute atomic E-state index is 13.6. The second-order valence-corrected chi connectivity index (χ2v) is 10.3. The van der Waals surface area contributed by atoms with Crippen molar-refractivity contribution in [1.29, 1.82) is 0 Å². The number of rotatable bonds is 8. The topological polar surface area (TPSA) is 125 Å². The Morgan fingerprint density at radius 3 is 2.51 bits per heavy atom. The Morgan fingerprint density at radius 1 is 1.07 bits per heavy atom. The van der Waals surface area contributed by atoms with E-state index in [1.54, 1.807) is 22.5 Å². The van der Waals surface area contributed by atoms with Gasteiger partial charge in [0, 0.05) is 36.3 Å². The van der Waals surface area contributed by atoms with E-state index in [2.05, 4.69) is 38.0 Å². The first-order chi connectivity index (χ1) is 19.9. The van der Waals surface area contributed by atoms with Crippen LogP contribution in [0.15, 0.2) is 77.6 Å². The van der Waals surface area contributed by atoms with Gasteiger partial charge in [0.2, 0.25) is 0 Å². The number of nitrogens with one attached hydrogen (secondary N) is 2. The van der Waals surface area contributed by atoms with Crippen LogP contribution in [0.25, 0.3) is 16.9 Å². The lowest BCUT2D eigenvalue weighted by atomic mass is 9.94. The van der Waals surface area contributed by atoms with Crippen molar-refractivity contribution >= 4 is 11.8 Å². The molecule has 2 amide bonds. The molecule has 3 aromatic heterocycles. The molecular formula is C30H32N8O3. The number of hydrogen-bond acceptors (Lipinski definition) is 7. The van der Waals surface area contributed by atoms with Gasteiger partial charge in [-0.15, -0.1) is 0 Å². The summed E-state index contributed by atoms with van der Waals surface area (Å²) in [4.78, 5) is 17.8. The Labute approximate surface area is 237 Å². The van der Waals surface area contributed by atoms with Crippen molar-refractivity contribution < 1.29 is 14.1 Å². The number of anilines is 1.